The smallest absolute Gasteiger partial charge is 0.321 e. The summed E-state index contributed by atoms with van der Waals surface area (Å²) in [4.78, 5) is 29.1. The van der Waals surface area contributed by atoms with E-state index in [0.29, 0.717) is 37.3 Å². The molecule has 156 valence electrons. The molecule has 5 heteroatoms. The highest BCUT2D eigenvalue weighted by molar-refractivity contribution is 5.89. The van der Waals surface area contributed by atoms with Crippen molar-refractivity contribution < 1.29 is 9.59 Å². The quantitative estimate of drug-likeness (QED) is 0.720. The molecule has 2 rings (SSSR count). The van der Waals surface area contributed by atoms with Gasteiger partial charge in [-0.2, -0.15) is 0 Å². The summed E-state index contributed by atoms with van der Waals surface area (Å²) in [5.41, 5.74) is 2.04. The lowest BCUT2D eigenvalue weighted by Crippen LogP contribution is -2.42. The van der Waals surface area contributed by atoms with Crippen molar-refractivity contribution >= 4 is 17.6 Å². The van der Waals surface area contributed by atoms with Gasteiger partial charge < -0.3 is 15.1 Å². The Labute approximate surface area is 170 Å². The van der Waals surface area contributed by atoms with Crippen LogP contribution in [0.3, 0.4) is 0 Å². The van der Waals surface area contributed by atoms with Crippen LogP contribution in [-0.2, 0) is 4.79 Å². The average molecular weight is 388 g/mol. The minimum atomic E-state index is -0.133. The number of carbonyl (C=O) groups is 2. The zero-order valence-corrected chi connectivity index (χ0v) is 18.2. The molecule has 1 fully saturated rings. The summed E-state index contributed by atoms with van der Waals surface area (Å²) in [5, 5.41) is 2.98. The van der Waals surface area contributed by atoms with E-state index < -0.39 is 0 Å². The van der Waals surface area contributed by atoms with Crippen LogP contribution < -0.4 is 5.32 Å². The van der Waals surface area contributed by atoms with Crippen LogP contribution in [0.2, 0.25) is 0 Å². The van der Waals surface area contributed by atoms with Gasteiger partial charge in [-0.1, -0.05) is 46.8 Å². The second-order valence-corrected chi connectivity index (χ2v) is 8.86. The van der Waals surface area contributed by atoms with Gasteiger partial charge >= 0.3 is 6.03 Å². The Hall–Kier alpha value is -2.04. The molecular weight excluding hydrogens is 350 g/mol. The summed E-state index contributed by atoms with van der Waals surface area (Å²) in [6, 6.07) is 7.86. The molecule has 1 aromatic carbocycles. The molecule has 0 saturated carbocycles. The molecule has 1 aromatic rings. The van der Waals surface area contributed by atoms with Crippen molar-refractivity contribution in [3.63, 3.8) is 0 Å². The first-order chi connectivity index (χ1) is 13.3. The number of urea groups is 1. The number of carbonyl (C=O) groups excluding carboxylic acids is 2. The van der Waals surface area contributed by atoms with Crippen LogP contribution in [0.4, 0.5) is 10.5 Å². The third kappa shape index (κ3) is 6.84. The highest BCUT2D eigenvalue weighted by atomic mass is 16.2. The molecule has 0 bridgehead atoms. The van der Waals surface area contributed by atoms with E-state index in [0.717, 1.165) is 31.6 Å². The van der Waals surface area contributed by atoms with Crippen LogP contribution in [0.5, 0.6) is 0 Å². The van der Waals surface area contributed by atoms with Crippen molar-refractivity contribution in [2.45, 2.75) is 59.8 Å². The zero-order valence-electron chi connectivity index (χ0n) is 18.2. The maximum atomic E-state index is 12.8. The summed E-state index contributed by atoms with van der Waals surface area (Å²) in [6.45, 7) is 13.5. The Morgan fingerprint density at radius 1 is 1.11 bits per heavy atom. The summed E-state index contributed by atoms with van der Waals surface area (Å²) >= 11 is 0. The fourth-order valence-electron chi connectivity index (χ4n) is 3.52. The molecule has 0 unspecified atom stereocenters. The molecule has 0 aliphatic carbocycles. The SMILES string of the molecule is CC(C)CN(CCC(=O)N1CCC(C)CC1)C(=O)Nc1ccc(C(C)C)cc1. The Morgan fingerprint density at radius 3 is 2.25 bits per heavy atom. The van der Waals surface area contributed by atoms with Crippen molar-refractivity contribution in [1.29, 1.82) is 0 Å². The number of rotatable bonds is 7. The molecule has 5 nitrogen and oxygen atoms in total. The third-order valence-corrected chi connectivity index (χ3v) is 5.43. The number of anilines is 1. The second-order valence-electron chi connectivity index (χ2n) is 8.86. The normalized spacial score (nSPS) is 15.2. The van der Waals surface area contributed by atoms with Crippen molar-refractivity contribution in [2.75, 3.05) is 31.5 Å². The molecule has 28 heavy (non-hydrogen) atoms. The molecule has 1 aliphatic heterocycles. The molecule has 1 N–H and O–H groups in total. The number of benzene rings is 1. The van der Waals surface area contributed by atoms with Gasteiger partial charge in [-0.25, -0.2) is 4.79 Å². The lowest BCUT2D eigenvalue weighted by Gasteiger charge is -2.31. The molecule has 0 aromatic heterocycles. The first-order valence-corrected chi connectivity index (χ1v) is 10.7. The number of nitrogens with zero attached hydrogens (tertiary/aromatic N) is 2. The van der Waals surface area contributed by atoms with E-state index in [1.807, 2.05) is 29.2 Å². The van der Waals surface area contributed by atoms with Gasteiger partial charge in [0.15, 0.2) is 0 Å². The first-order valence-electron chi connectivity index (χ1n) is 10.7. The number of hydrogen-bond donors (Lipinski definition) is 1. The van der Waals surface area contributed by atoms with E-state index in [9.17, 15) is 9.59 Å². The summed E-state index contributed by atoms with van der Waals surface area (Å²) in [6.07, 6.45) is 2.55. The van der Waals surface area contributed by atoms with Gasteiger partial charge in [0.25, 0.3) is 0 Å². The number of nitrogens with one attached hydrogen (secondary N) is 1. The van der Waals surface area contributed by atoms with E-state index in [4.69, 9.17) is 0 Å². The lowest BCUT2D eigenvalue weighted by atomic mass is 9.99. The van der Waals surface area contributed by atoms with Crippen LogP contribution in [0.25, 0.3) is 0 Å². The highest BCUT2D eigenvalue weighted by Crippen LogP contribution is 2.19. The van der Waals surface area contributed by atoms with Crippen molar-refractivity contribution in [2.24, 2.45) is 11.8 Å². The van der Waals surface area contributed by atoms with E-state index >= 15 is 0 Å². The predicted octanol–water partition coefficient (Wildman–Crippen LogP) is 4.95. The Bertz CT molecular complexity index is 632. The number of amides is 3. The topological polar surface area (TPSA) is 52.7 Å². The van der Waals surface area contributed by atoms with Crippen molar-refractivity contribution in [3.8, 4) is 0 Å². The summed E-state index contributed by atoms with van der Waals surface area (Å²) in [5.74, 6) is 1.68. The zero-order chi connectivity index (χ0) is 20.7. The summed E-state index contributed by atoms with van der Waals surface area (Å²) in [7, 11) is 0. The van der Waals surface area contributed by atoms with Crippen LogP contribution >= 0.6 is 0 Å². The van der Waals surface area contributed by atoms with E-state index in [1.165, 1.54) is 5.56 Å². The van der Waals surface area contributed by atoms with Gasteiger partial charge in [-0.3, -0.25) is 4.79 Å². The maximum absolute atomic E-state index is 12.8. The Balaban J connectivity index is 1.92. The largest absolute Gasteiger partial charge is 0.343 e. The molecule has 1 saturated heterocycles. The van der Waals surface area contributed by atoms with Crippen LogP contribution in [0, 0.1) is 11.8 Å². The molecule has 0 radical (unpaired) electrons. The van der Waals surface area contributed by atoms with Crippen LogP contribution in [-0.4, -0.2) is 47.9 Å². The number of piperidine rings is 1. The van der Waals surface area contributed by atoms with Crippen molar-refractivity contribution in [1.82, 2.24) is 9.80 Å². The van der Waals surface area contributed by atoms with E-state index in [1.54, 1.807) is 4.90 Å². The molecule has 0 spiro atoms. The van der Waals surface area contributed by atoms with Gasteiger partial charge in [0, 0.05) is 38.3 Å². The highest BCUT2D eigenvalue weighted by Gasteiger charge is 2.22. The van der Waals surface area contributed by atoms with E-state index in [2.05, 4.69) is 39.9 Å². The van der Waals surface area contributed by atoms with Crippen molar-refractivity contribution in [3.05, 3.63) is 29.8 Å². The van der Waals surface area contributed by atoms with Gasteiger partial charge in [0.2, 0.25) is 5.91 Å². The first kappa shape index (κ1) is 22.3. The van der Waals surface area contributed by atoms with Crippen LogP contribution in [0.1, 0.15) is 65.4 Å². The van der Waals surface area contributed by atoms with E-state index in [-0.39, 0.29) is 11.9 Å². The van der Waals surface area contributed by atoms with Gasteiger partial charge in [0.05, 0.1) is 0 Å². The van der Waals surface area contributed by atoms with Crippen LogP contribution in [0.15, 0.2) is 24.3 Å². The van der Waals surface area contributed by atoms with Gasteiger partial charge in [0.1, 0.15) is 0 Å². The maximum Gasteiger partial charge on any atom is 0.321 e. The fraction of sp³-hybridized carbons (Fsp3) is 0.652. The monoisotopic (exact) mass is 387 g/mol. The molecule has 1 heterocycles. The molecule has 0 atom stereocenters. The minimum Gasteiger partial charge on any atom is -0.343 e. The fourth-order valence-corrected chi connectivity index (χ4v) is 3.52. The third-order valence-electron chi connectivity index (χ3n) is 5.43. The second kappa shape index (κ2) is 10.5. The summed E-state index contributed by atoms with van der Waals surface area (Å²) < 4.78 is 0. The minimum absolute atomic E-state index is 0.133. The number of hydrogen-bond acceptors (Lipinski definition) is 2. The average Bonchev–Trinajstić information content (AvgIpc) is 2.65. The van der Waals surface area contributed by atoms with Gasteiger partial charge in [-0.05, 0) is 48.3 Å². The lowest BCUT2D eigenvalue weighted by molar-refractivity contribution is -0.132. The number of likely N-dealkylation sites (tertiary alicyclic amines) is 1. The molecular formula is C23H37N3O2. The Morgan fingerprint density at radius 2 is 1.71 bits per heavy atom. The standard InChI is InChI=1S/C23H37N3O2/c1-17(2)16-26(15-12-22(27)25-13-10-19(5)11-14-25)23(28)24-21-8-6-20(7-9-21)18(3)4/h6-9,17-19H,10-16H2,1-5H3,(H,24,28). The Kier molecular flexibility index (Phi) is 8.34. The van der Waals surface area contributed by atoms with Gasteiger partial charge in [-0.15, -0.1) is 0 Å². The predicted molar refractivity (Wildman–Crippen MR) is 116 cm³/mol. The molecule has 1 aliphatic rings. The molecule has 3 amide bonds.